The molecule has 2 unspecified atom stereocenters. The number of likely N-dealkylation sites (tertiary alicyclic amines) is 1. The second-order valence-corrected chi connectivity index (χ2v) is 10.4. The van der Waals surface area contributed by atoms with Crippen molar-refractivity contribution < 1.29 is 14.4 Å². The highest BCUT2D eigenvalue weighted by Crippen LogP contribution is 2.26. The van der Waals surface area contributed by atoms with Crippen molar-refractivity contribution in [1.82, 2.24) is 20.2 Å². The van der Waals surface area contributed by atoms with Crippen molar-refractivity contribution in [3.8, 4) is 0 Å². The number of nitrogens with zero attached hydrogens (tertiary/aromatic N) is 3. The standard InChI is InChI=1S/C28H32N6O3/c1-28(2,29)27(37)31-24(14-19-15-30-22-11-7-6-10-20(19)22)26(36)33-13-12-23-21(17-33)25(35)34(32-23)16-18-8-4-3-5-9-18/h3-11,15,21,24,30H,12-14,16-17,29H2,1-2H3,(H,31,37). The predicted molar refractivity (Wildman–Crippen MR) is 141 cm³/mol. The zero-order valence-corrected chi connectivity index (χ0v) is 21.1. The van der Waals surface area contributed by atoms with E-state index >= 15 is 0 Å². The highest BCUT2D eigenvalue weighted by atomic mass is 16.2. The van der Waals surface area contributed by atoms with Gasteiger partial charge in [-0.3, -0.25) is 14.4 Å². The van der Waals surface area contributed by atoms with E-state index < -0.39 is 23.4 Å². The SMILES string of the molecule is CC(C)(N)C(=O)NC(Cc1c[nH]c2ccccc12)C(=O)N1CCC2=NN(Cc3ccccc3)C(=O)C2C1. The number of aromatic nitrogens is 1. The van der Waals surface area contributed by atoms with E-state index in [1.165, 1.54) is 5.01 Å². The van der Waals surface area contributed by atoms with Crippen LogP contribution in [0.1, 0.15) is 31.4 Å². The van der Waals surface area contributed by atoms with Gasteiger partial charge < -0.3 is 20.9 Å². The summed E-state index contributed by atoms with van der Waals surface area (Å²) in [6.45, 7) is 4.30. The molecular formula is C28H32N6O3. The summed E-state index contributed by atoms with van der Waals surface area (Å²) in [4.78, 5) is 44.7. The summed E-state index contributed by atoms with van der Waals surface area (Å²) in [7, 11) is 0. The molecule has 9 nitrogen and oxygen atoms in total. The Morgan fingerprint density at radius 1 is 1.16 bits per heavy atom. The molecule has 0 bridgehead atoms. The summed E-state index contributed by atoms with van der Waals surface area (Å²) in [6, 6.07) is 16.7. The number of fused-ring (bicyclic) bond motifs is 2. The fourth-order valence-corrected chi connectivity index (χ4v) is 4.92. The number of rotatable bonds is 7. The molecule has 3 amide bonds. The van der Waals surface area contributed by atoms with Gasteiger partial charge in [-0.15, -0.1) is 0 Å². The van der Waals surface area contributed by atoms with E-state index in [2.05, 4.69) is 15.4 Å². The van der Waals surface area contributed by atoms with Crippen molar-refractivity contribution >= 4 is 34.3 Å². The third-order valence-electron chi connectivity index (χ3n) is 7.02. The minimum atomic E-state index is -1.14. The number of hydrogen-bond donors (Lipinski definition) is 3. The van der Waals surface area contributed by atoms with Crippen molar-refractivity contribution in [1.29, 1.82) is 0 Å². The highest BCUT2D eigenvalue weighted by molar-refractivity contribution is 6.09. The van der Waals surface area contributed by atoms with Gasteiger partial charge in [0.1, 0.15) is 6.04 Å². The van der Waals surface area contributed by atoms with E-state index in [0.29, 0.717) is 25.9 Å². The first kappa shape index (κ1) is 24.7. The van der Waals surface area contributed by atoms with E-state index in [1.807, 2.05) is 60.8 Å². The van der Waals surface area contributed by atoms with Crippen LogP contribution < -0.4 is 11.1 Å². The number of nitrogens with two attached hydrogens (primary N) is 1. The van der Waals surface area contributed by atoms with E-state index in [0.717, 1.165) is 27.7 Å². The molecule has 2 atom stereocenters. The van der Waals surface area contributed by atoms with Crippen LogP contribution in [0.15, 0.2) is 65.9 Å². The lowest BCUT2D eigenvalue weighted by Crippen LogP contribution is -2.58. The molecule has 1 fully saturated rings. The first-order valence-electron chi connectivity index (χ1n) is 12.6. The normalized spacial score (nSPS) is 18.5. The van der Waals surface area contributed by atoms with Crippen molar-refractivity contribution in [2.45, 2.75) is 44.8 Å². The minimum Gasteiger partial charge on any atom is -0.361 e. The van der Waals surface area contributed by atoms with E-state index in [9.17, 15) is 14.4 Å². The molecule has 5 rings (SSSR count). The molecule has 192 valence electrons. The van der Waals surface area contributed by atoms with Gasteiger partial charge in [-0.2, -0.15) is 5.10 Å². The Balaban J connectivity index is 1.33. The number of amides is 3. The quantitative estimate of drug-likeness (QED) is 0.460. The zero-order valence-electron chi connectivity index (χ0n) is 21.1. The van der Waals surface area contributed by atoms with Gasteiger partial charge in [0.2, 0.25) is 11.8 Å². The topological polar surface area (TPSA) is 124 Å². The van der Waals surface area contributed by atoms with Crippen molar-refractivity contribution in [3.05, 3.63) is 71.9 Å². The minimum absolute atomic E-state index is 0.100. The summed E-state index contributed by atoms with van der Waals surface area (Å²) in [6.07, 6.45) is 2.69. The molecule has 3 aromatic rings. The number of carbonyl (C=O) groups is 3. The van der Waals surface area contributed by atoms with Crippen LogP contribution >= 0.6 is 0 Å². The maximum atomic E-state index is 13.8. The van der Waals surface area contributed by atoms with Crippen LogP contribution in [0.3, 0.4) is 0 Å². The summed E-state index contributed by atoms with van der Waals surface area (Å²) >= 11 is 0. The molecule has 2 aliphatic rings. The lowest BCUT2D eigenvalue weighted by atomic mass is 9.94. The Labute approximate surface area is 215 Å². The first-order chi connectivity index (χ1) is 17.7. The van der Waals surface area contributed by atoms with Crippen molar-refractivity contribution in [3.63, 3.8) is 0 Å². The van der Waals surface area contributed by atoms with Gasteiger partial charge in [0.05, 0.1) is 23.7 Å². The van der Waals surface area contributed by atoms with Gasteiger partial charge in [-0.1, -0.05) is 48.5 Å². The van der Waals surface area contributed by atoms with Crippen LogP contribution in [0.25, 0.3) is 10.9 Å². The van der Waals surface area contributed by atoms with E-state index in [4.69, 9.17) is 5.73 Å². The van der Waals surface area contributed by atoms with E-state index in [-0.39, 0.29) is 18.4 Å². The van der Waals surface area contributed by atoms with Crippen LogP contribution in [0, 0.1) is 5.92 Å². The average molecular weight is 501 g/mol. The summed E-state index contributed by atoms with van der Waals surface area (Å²) in [5.74, 6) is -1.19. The van der Waals surface area contributed by atoms with Gasteiger partial charge in [-0.05, 0) is 31.0 Å². The molecule has 1 aromatic heterocycles. The Kier molecular flexibility index (Phi) is 6.55. The van der Waals surface area contributed by atoms with Crippen LogP contribution in [0.2, 0.25) is 0 Å². The molecule has 2 aromatic carbocycles. The molecule has 1 saturated heterocycles. The first-order valence-corrected chi connectivity index (χ1v) is 12.6. The number of hydrogen-bond acceptors (Lipinski definition) is 5. The fraction of sp³-hybridized carbons (Fsp3) is 0.357. The number of benzene rings is 2. The second-order valence-electron chi connectivity index (χ2n) is 10.4. The van der Waals surface area contributed by atoms with Gasteiger partial charge in [0.15, 0.2) is 0 Å². The van der Waals surface area contributed by atoms with Gasteiger partial charge in [0.25, 0.3) is 5.91 Å². The van der Waals surface area contributed by atoms with Gasteiger partial charge in [0, 0.05) is 43.0 Å². The molecule has 3 heterocycles. The number of para-hydroxylation sites is 1. The molecule has 0 spiro atoms. The van der Waals surface area contributed by atoms with Crippen molar-refractivity contribution in [2.24, 2.45) is 16.8 Å². The maximum absolute atomic E-state index is 13.8. The van der Waals surface area contributed by atoms with Crippen LogP contribution in [0.5, 0.6) is 0 Å². The summed E-state index contributed by atoms with van der Waals surface area (Å²) in [5.41, 5.74) is 8.58. The third kappa shape index (κ3) is 5.13. The number of H-pyrrole nitrogens is 1. The predicted octanol–water partition coefficient (Wildman–Crippen LogP) is 2.18. The number of hydrazone groups is 1. The van der Waals surface area contributed by atoms with Gasteiger partial charge in [-0.25, -0.2) is 5.01 Å². The number of aromatic amines is 1. The number of carbonyl (C=O) groups excluding carboxylic acids is 3. The summed E-state index contributed by atoms with van der Waals surface area (Å²) < 4.78 is 0. The van der Waals surface area contributed by atoms with E-state index in [1.54, 1.807) is 18.7 Å². The smallest absolute Gasteiger partial charge is 0.253 e. The van der Waals surface area contributed by atoms with Crippen LogP contribution in [-0.4, -0.2) is 63.0 Å². The molecule has 2 aliphatic heterocycles. The number of piperidine rings is 1. The Hall–Kier alpha value is -3.98. The molecule has 37 heavy (non-hydrogen) atoms. The molecule has 0 saturated carbocycles. The molecule has 4 N–H and O–H groups in total. The average Bonchev–Trinajstić information content (AvgIpc) is 3.43. The molecule has 9 heteroatoms. The molecule has 0 aliphatic carbocycles. The van der Waals surface area contributed by atoms with Crippen LogP contribution in [0.4, 0.5) is 0 Å². The lowest BCUT2D eigenvalue weighted by molar-refractivity contribution is -0.139. The van der Waals surface area contributed by atoms with Crippen molar-refractivity contribution in [2.75, 3.05) is 13.1 Å². The molecule has 0 radical (unpaired) electrons. The van der Waals surface area contributed by atoms with Crippen LogP contribution in [-0.2, 0) is 27.3 Å². The fourth-order valence-electron chi connectivity index (χ4n) is 4.92. The van der Waals surface area contributed by atoms with Gasteiger partial charge >= 0.3 is 0 Å². The highest BCUT2D eigenvalue weighted by Gasteiger charge is 2.42. The lowest BCUT2D eigenvalue weighted by Gasteiger charge is -2.34. The third-order valence-corrected chi connectivity index (χ3v) is 7.02. The largest absolute Gasteiger partial charge is 0.361 e. The Morgan fingerprint density at radius 2 is 1.89 bits per heavy atom. The summed E-state index contributed by atoms with van der Waals surface area (Å²) in [5, 5.41) is 9.95. The second kappa shape index (κ2) is 9.82. The monoisotopic (exact) mass is 500 g/mol. The Bertz CT molecular complexity index is 1360. The zero-order chi connectivity index (χ0) is 26.2. The number of nitrogens with one attached hydrogen (secondary N) is 2. The Morgan fingerprint density at radius 3 is 2.65 bits per heavy atom. The maximum Gasteiger partial charge on any atom is 0.253 e. The molecular weight excluding hydrogens is 468 g/mol.